The zero-order chi connectivity index (χ0) is 12.4. The summed E-state index contributed by atoms with van der Waals surface area (Å²) in [6.07, 6.45) is 0.780. The Bertz CT molecular complexity index is 311. The van der Waals surface area contributed by atoms with Crippen LogP contribution in [0.15, 0.2) is 0 Å². The lowest BCUT2D eigenvalue weighted by molar-refractivity contribution is -0.148. The minimum atomic E-state index is -0.322. The van der Waals surface area contributed by atoms with Crippen molar-refractivity contribution in [3.05, 3.63) is 0 Å². The number of carbonyl (C=O) groups is 2. The first-order valence-corrected chi connectivity index (χ1v) is 6.27. The smallest absolute Gasteiger partial charge is 0.243 e. The van der Waals surface area contributed by atoms with E-state index in [1.807, 2.05) is 13.8 Å². The van der Waals surface area contributed by atoms with Gasteiger partial charge < -0.3 is 15.0 Å². The third kappa shape index (κ3) is 2.44. The zero-order valence-electron chi connectivity index (χ0n) is 10.4. The van der Waals surface area contributed by atoms with E-state index in [1.165, 1.54) is 0 Å². The molecule has 17 heavy (non-hydrogen) atoms. The number of rotatable bonds is 2. The second-order valence-corrected chi connectivity index (χ2v) is 5.07. The van der Waals surface area contributed by atoms with Crippen LogP contribution in [-0.2, 0) is 14.3 Å². The molecule has 0 saturated carbocycles. The predicted molar refractivity (Wildman–Crippen MR) is 62.3 cm³/mol. The Kier molecular flexibility index (Phi) is 3.66. The van der Waals surface area contributed by atoms with Crippen molar-refractivity contribution >= 4 is 11.8 Å². The Hall–Kier alpha value is -1.10. The Morgan fingerprint density at radius 2 is 2.29 bits per heavy atom. The first-order chi connectivity index (χ1) is 8.11. The van der Waals surface area contributed by atoms with Crippen LogP contribution in [0.25, 0.3) is 0 Å². The summed E-state index contributed by atoms with van der Waals surface area (Å²) in [6.45, 7) is 6.28. The van der Waals surface area contributed by atoms with Gasteiger partial charge >= 0.3 is 0 Å². The molecule has 2 rings (SSSR count). The average molecular weight is 240 g/mol. The summed E-state index contributed by atoms with van der Waals surface area (Å²) in [6, 6.07) is -0.322. The first kappa shape index (κ1) is 12.4. The molecule has 0 spiro atoms. The lowest BCUT2D eigenvalue weighted by Crippen LogP contribution is -2.60. The van der Waals surface area contributed by atoms with Gasteiger partial charge in [0.25, 0.3) is 0 Å². The standard InChI is InChI=1S/C12H20N2O3/c1-8(2)10-11(15)13-4-5-14(10)12(16)9-3-6-17-7-9/h8-10H,3-7H2,1-2H3,(H,13,15). The van der Waals surface area contributed by atoms with Gasteiger partial charge in [-0.15, -0.1) is 0 Å². The molecular formula is C12H20N2O3. The van der Waals surface area contributed by atoms with Crippen LogP contribution in [0.2, 0.25) is 0 Å². The molecule has 0 aliphatic carbocycles. The quantitative estimate of drug-likeness (QED) is 0.739. The van der Waals surface area contributed by atoms with Gasteiger partial charge in [-0.3, -0.25) is 9.59 Å². The lowest BCUT2D eigenvalue weighted by atomic mass is 9.97. The molecule has 2 aliphatic rings. The average Bonchev–Trinajstić information content (AvgIpc) is 2.80. The van der Waals surface area contributed by atoms with Gasteiger partial charge in [-0.2, -0.15) is 0 Å². The fourth-order valence-corrected chi connectivity index (χ4v) is 2.56. The van der Waals surface area contributed by atoms with E-state index in [-0.39, 0.29) is 29.7 Å². The summed E-state index contributed by atoms with van der Waals surface area (Å²) < 4.78 is 5.24. The largest absolute Gasteiger partial charge is 0.381 e. The second-order valence-electron chi connectivity index (χ2n) is 5.07. The van der Waals surface area contributed by atoms with Crippen LogP contribution >= 0.6 is 0 Å². The van der Waals surface area contributed by atoms with Gasteiger partial charge in [0.1, 0.15) is 6.04 Å². The van der Waals surface area contributed by atoms with Crippen molar-refractivity contribution in [1.29, 1.82) is 0 Å². The molecule has 0 aromatic carbocycles. The second kappa shape index (κ2) is 5.04. The third-order valence-corrected chi connectivity index (χ3v) is 3.45. The van der Waals surface area contributed by atoms with Gasteiger partial charge in [0.15, 0.2) is 0 Å². The fourth-order valence-electron chi connectivity index (χ4n) is 2.56. The maximum atomic E-state index is 12.3. The highest BCUT2D eigenvalue weighted by atomic mass is 16.5. The van der Waals surface area contributed by atoms with Crippen molar-refractivity contribution in [2.24, 2.45) is 11.8 Å². The number of nitrogens with one attached hydrogen (secondary N) is 1. The summed E-state index contributed by atoms with van der Waals surface area (Å²) in [5.41, 5.74) is 0. The summed E-state index contributed by atoms with van der Waals surface area (Å²) in [7, 11) is 0. The molecule has 0 bridgehead atoms. The van der Waals surface area contributed by atoms with Crippen LogP contribution < -0.4 is 5.32 Å². The molecular weight excluding hydrogens is 220 g/mol. The van der Waals surface area contributed by atoms with Gasteiger partial charge in [-0.25, -0.2) is 0 Å². The number of hydrogen-bond acceptors (Lipinski definition) is 3. The first-order valence-electron chi connectivity index (χ1n) is 6.27. The highest BCUT2D eigenvalue weighted by Crippen LogP contribution is 2.21. The van der Waals surface area contributed by atoms with E-state index >= 15 is 0 Å². The molecule has 96 valence electrons. The summed E-state index contributed by atoms with van der Waals surface area (Å²) in [4.78, 5) is 25.9. The van der Waals surface area contributed by atoms with Crippen LogP contribution in [0.5, 0.6) is 0 Å². The fraction of sp³-hybridized carbons (Fsp3) is 0.833. The number of piperazine rings is 1. The van der Waals surface area contributed by atoms with E-state index in [1.54, 1.807) is 4.90 Å². The SMILES string of the molecule is CC(C)C1C(=O)NCCN1C(=O)C1CCOC1. The Morgan fingerprint density at radius 3 is 2.88 bits per heavy atom. The topological polar surface area (TPSA) is 58.6 Å². The van der Waals surface area contributed by atoms with Crippen LogP contribution in [0.1, 0.15) is 20.3 Å². The molecule has 0 aromatic heterocycles. The molecule has 2 aliphatic heterocycles. The molecule has 0 aromatic rings. The molecule has 2 heterocycles. The Balaban J connectivity index is 2.10. The van der Waals surface area contributed by atoms with Gasteiger partial charge in [0.2, 0.25) is 11.8 Å². The molecule has 2 unspecified atom stereocenters. The minimum absolute atomic E-state index is 0.0292. The van der Waals surface area contributed by atoms with E-state index < -0.39 is 0 Å². The van der Waals surface area contributed by atoms with Crippen LogP contribution in [0.3, 0.4) is 0 Å². The molecule has 2 amide bonds. The molecule has 5 heteroatoms. The summed E-state index contributed by atoms with van der Waals surface area (Å²) >= 11 is 0. The van der Waals surface area contributed by atoms with E-state index in [9.17, 15) is 9.59 Å². The van der Waals surface area contributed by atoms with Crippen molar-refractivity contribution in [2.75, 3.05) is 26.3 Å². The van der Waals surface area contributed by atoms with Crippen LogP contribution in [-0.4, -0.2) is 49.1 Å². The Labute approximate surface area is 101 Å². The predicted octanol–water partition coefficient (Wildman–Crippen LogP) is 0.00590. The van der Waals surface area contributed by atoms with Gasteiger partial charge in [0.05, 0.1) is 12.5 Å². The van der Waals surface area contributed by atoms with Crippen LogP contribution in [0.4, 0.5) is 0 Å². The normalized spacial score (nSPS) is 29.6. The van der Waals surface area contributed by atoms with E-state index in [4.69, 9.17) is 4.74 Å². The number of carbonyl (C=O) groups excluding carboxylic acids is 2. The van der Waals surface area contributed by atoms with Crippen LogP contribution in [0, 0.1) is 11.8 Å². The number of hydrogen-bond donors (Lipinski definition) is 1. The van der Waals surface area contributed by atoms with Crippen molar-refractivity contribution in [3.8, 4) is 0 Å². The highest BCUT2D eigenvalue weighted by Gasteiger charge is 2.38. The molecule has 0 radical (unpaired) electrons. The van der Waals surface area contributed by atoms with Crippen molar-refractivity contribution < 1.29 is 14.3 Å². The van der Waals surface area contributed by atoms with Crippen molar-refractivity contribution in [2.45, 2.75) is 26.3 Å². The van der Waals surface area contributed by atoms with E-state index in [0.29, 0.717) is 26.3 Å². The minimum Gasteiger partial charge on any atom is -0.381 e. The maximum Gasteiger partial charge on any atom is 0.243 e. The molecule has 2 atom stereocenters. The lowest BCUT2D eigenvalue weighted by Gasteiger charge is -2.38. The van der Waals surface area contributed by atoms with Gasteiger partial charge in [0, 0.05) is 19.7 Å². The number of ether oxygens (including phenoxy) is 1. The molecule has 1 N–H and O–H groups in total. The maximum absolute atomic E-state index is 12.3. The zero-order valence-corrected chi connectivity index (χ0v) is 10.4. The molecule has 2 fully saturated rings. The van der Waals surface area contributed by atoms with Gasteiger partial charge in [-0.05, 0) is 12.3 Å². The Morgan fingerprint density at radius 1 is 1.53 bits per heavy atom. The van der Waals surface area contributed by atoms with E-state index in [2.05, 4.69) is 5.32 Å². The number of nitrogens with zero attached hydrogens (tertiary/aromatic N) is 1. The highest BCUT2D eigenvalue weighted by molar-refractivity contribution is 5.90. The third-order valence-electron chi connectivity index (χ3n) is 3.45. The van der Waals surface area contributed by atoms with E-state index in [0.717, 1.165) is 6.42 Å². The monoisotopic (exact) mass is 240 g/mol. The summed E-state index contributed by atoms with van der Waals surface area (Å²) in [5.74, 6) is 0.137. The van der Waals surface area contributed by atoms with Crippen molar-refractivity contribution in [1.82, 2.24) is 10.2 Å². The molecule has 5 nitrogen and oxygen atoms in total. The van der Waals surface area contributed by atoms with Crippen molar-refractivity contribution in [3.63, 3.8) is 0 Å². The van der Waals surface area contributed by atoms with Gasteiger partial charge in [-0.1, -0.05) is 13.8 Å². The number of amides is 2. The summed E-state index contributed by atoms with van der Waals surface area (Å²) in [5, 5.41) is 2.82. The molecule has 2 saturated heterocycles.